The molecule has 5 aromatic rings. The van der Waals surface area contributed by atoms with E-state index < -0.39 is 0 Å². The molecule has 1 atom stereocenters. The number of methoxy groups -OCH3 is 1. The van der Waals surface area contributed by atoms with Crippen molar-refractivity contribution in [3.63, 3.8) is 0 Å². The zero-order valence-corrected chi connectivity index (χ0v) is 19.9. The molecule has 0 radical (unpaired) electrons. The summed E-state index contributed by atoms with van der Waals surface area (Å²) >= 11 is 0. The summed E-state index contributed by atoms with van der Waals surface area (Å²) in [5.74, 6) is 1.13. The fraction of sp³-hybridized carbons (Fsp3) is 0.152. The van der Waals surface area contributed by atoms with Gasteiger partial charge in [0.1, 0.15) is 5.75 Å². The van der Waals surface area contributed by atoms with E-state index in [-0.39, 0.29) is 11.3 Å². The van der Waals surface area contributed by atoms with Gasteiger partial charge in [0.15, 0.2) is 0 Å². The Morgan fingerprint density at radius 3 is 2.03 bits per heavy atom. The summed E-state index contributed by atoms with van der Waals surface area (Å²) in [7, 11) is 1.72. The molecular formula is C33H28O. The molecule has 0 saturated heterocycles. The molecular weight excluding hydrogens is 412 g/mol. The van der Waals surface area contributed by atoms with Gasteiger partial charge in [-0.05, 0) is 67.9 Å². The number of rotatable bonds is 3. The van der Waals surface area contributed by atoms with E-state index in [0.29, 0.717) is 0 Å². The zero-order chi connectivity index (χ0) is 23.3. The van der Waals surface area contributed by atoms with Crippen LogP contribution in [0.3, 0.4) is 0 Å². The fourth-order valence-electron chi connectivity index (χ4n) is 5.94. The lowest BCUT2D eigenvalue weighted by molar-refractivity contribution is 0.413. The fourth-order valence-corrected chi connectivity index (χ4v) is 5.94. The SMILES string of the molecule is COc1ccc(C2c3ccccc3-c3c(cc(-c4ccccc4)c4ccccc34)C2(C)C)cc1. The number of ether oxygens (including phenoxy) is 1. The lowest BCUT2D eigenvalue weighted by atomic mass is 9.60. The first-order chi connectivity index (χ1) is 16.6. The third kappa shape index (κ3) is 3.08. The van der Waals surface area contributed by atoms with Crippen molar-refractivity contribution in [3.05, 3.63) is 126 Å². The molecule has 0 saturated carbocycles. The molecule has 0 N–H and O–H groups in total. The Morgan fingerprint density at radius 2 is 1.29 bits per heavy atom. The van der Waals surface area contributed by atoms with Gasteiger partial charge in [-0.15, -0.1) is 0 Å². The first kappa shape index (κ1) is 20.7. The largest absolute Gasteiger partial charge is 0.497 e. The van der Waals surface area contributed by atoms with Gasteiger partial charge in [0.05, 0.1) is 7.11 Å². The molecule has 166 valence electrons. The Bertz CT molecular complexity index is 1490. The molecule has 5 aromatic carbocycles. The Kier molecular flexibility index (Phi) is 4.81. The quantitative estimate of drug-likeness (QED) is 0.273. The summed E-state index contributed by atoms with van der Waals surface area (Å²) in [5, 5.41) is 2.63. The lowest BCUT2D eigenvalue weighted by Crippen LogP contribution is -2.32. The maximum absolute atomic E-state index is 5.45. The van der Waals surface area contributed by atoms with Crippen molar-refractivity contribution in [2.45, 2.75) is 25.2 Å². The molecule has 0 amide bonds. The van der Waals surface area contributed by atoms with Crippen molar-refractivity contribution >= 4 is 10.8 Å². The third-order valence-electron chi connectivity index (χ3n) is 7.54. The predicted molar refractivity (Wildman–Crippen MR) is 143 cm³/mol. The van der Waals surface area contributed by atoms with Crippen LogP contribution >= 0.6 is 0 Å². The average molecular weight is 441 g/mol. The van der Waals surface area contributed by atoms with E-state index in [4.69, 9.17) is 4.74 Å². The van der Waals surface area contributed by atoms with Crippen LogP contribution in [-0.4, -0.2) is 7.11 Å². The molecule has 0 heterocycles. The van der Waals surface area contributed by atoms with Crippen LogP contribution in [0, 0.1) is 0 Å². The lowest BCUT2D eigenvalue weighted by Gasteiger charge is -2.43. The smallest absolute Gasteiger partial charge is 0.118 e. The molecule has 0 bridgehead atoms. The minimum atomic E-state index is -0.105. The first-order valence-electron chi connectivity index (χ1n) is 11.9. The van der Waals surface area contributed by atoms with E-state index in [1.807, 2.05) is 0 Å². The summed E-state index contributed by atoms with van der Waals surface area (Å²) in [6.07, 6.45) is 0. The van der Waals surface area contributed by atoms with Crippen LogP contribution in [-0.2, 0) is 5.41 Å². The van der Waals surface area contributed by atoms with Gasteiger partial charge < -0.3 is 4.74 Å². The van der Waals surface area contributed by atoms with Crippen molar-refractivity contribution in [1.29, 1.82) is 0 Å². The summed E-state index contributed by atoms with van der Waals surface area (Å²) in [6, 6.07) is 39.7. The number of fused-ring (bicyclic) bond motifs is 5. The molecule has 1 unspecified atom stereocenters. The van der Waals surface area contributed by atoms with Crippen molar-refractivity contribution in [3.8, 4) is 28.0 Å². The number of hydrogen-bond donors (Lipinski definition) is 0. The van der Waals surface area contributed by atoms with Gasteiger partial charge >= 0.3 is 0 Å². The Labute approximate surface area is 201 Å². The second kappa shape index (κ2) is 7.88. The minimum Gasteiger partial charge on any atom is -0.497 e. The molecule has 1 aliphatic rings. The maximum atomic E-state index is 5.45. The van der Waals surface area contributed by atoms with Crippen LogP contribution in [0.5, 0.6) is 5.75 Å². The van der Waals surface area contributed by atoms with Gasteiger partial charge in [-0.25, -0.2) is 0 Å². The summed E-state index contributed by atoms with van der Waals surface area (Å²) < 4.78 is 5.45. The van der Waals surface area contributed by atoms with E-state index in [9.17, 15) is 0 Å². The maximum Gasteiger partial charge on any atom is 0.118 e. The van der Waals surface area contributed by atoms with Crippen LogP contribution < -0.4 is 4.74 Å². The van der Waals surface area contributed by atoms with Gasteiger partial charge in [-0.3, -0.25) is 0 Å². The van der Waals surface area contributed by atoms with Gasteiger partial charge in [0, 0.05) is 11.3 Å². The van der Waals surface area contributed by atoms with Gasteiger partial charge in [0.2, 0.25) is 0 Å². The monoisotopic (exact) mass is 440 g/mol. The average Bonchev–Trinajstić information content (AvgIpc) is 2.89. The number of benzene rings is 5. The molecule has 1 nitrogen and oxygen atoms in total. The molecule has 0 aromatic heterocycles. The van der Waals surface area contributed by atoms with Gasteiger partial charge in [0.25, 0.3) is 0 Å². The summed E-state index contributed by atoms with van der Waals surface area (Å²) in [4.78, 5) is 0. The predicted octanol–water partition coefficient (Wildman–Crippen LogP) is 8.61. The highest BCUT2D eigenvalue weighted by Crippen LogP contribution is 2.56. The highest BCUT2D eigenvalue weighted by molar-refractivity contribution is 6.07. The highest BCUT2D eigenvalue weighted by atomic mass is 16.5. The van der Waals surface area contributed by atoms with Crippen LogP contribution in [0.2, 0.25) is 0 Å². The zero-order valence-electron chi connectivity index (χ0n) is 19.9. The first-order valence-corrected chi connectivity index (χ1v) is 11.9. The van der Waals surface area contributed by atoms with E-state index in [1.54, 1.807) is 7.11 Å². The molecule has 0 aliphatic heterocycles. The standard InChI is InChI=1S/C33H28O/c1-33(2)30-21-29(22-11-5-4-6-12-22)25-13-7-8-14-26(25)31(30)27-15-9-10-16-28(27)32(33)23-17-19-24(34-3)20-18-23/h4-21,32H,1-3H3. The van der Waals surface area contributed by atoms with Gasteiger partial charge in [-0.2, -0.15) is 0 Å². The molecule has 0 fully saturated rings. The van der Waals surface area contributed by atoms with E-state index >= 15 is 0 Å². The Balaban J connectivity index is 1.69. The number of hydrogen-bond acceptors (Lipinski definition) is 1. The van der Waals surface area contributed by atoms with E-state index in [0.717, 1.165) is 5.75 Å². The van der Waals surface area contributed by atoms with Crippen LogP contribution in [0.15, 0.2) is 109 Å². The normalized spacial score (nSPS) is 16.0. The van der Waals surface area contributed by atoms with E-state index in [1.165, 1.54) is 49.7 Å². The van der Waals surface area contributed by atoms with Crippen molar-refractivity contribution in [2.75, 3.05) is 7.11 Å². The molecule has 1 heteroatoms. The van der Waals surface area contributed by atoms with Gasteiger partial charge in [-0.1, -0.05) is 105 Å². The Morgan fingerprint density at radius 1 is 0.647 bits per heavy atom. The topological polar surface area (TPSA) is 9.23 Å². The third-order valence-corrected chi connectivity index (χ3v) is 7.54. The van der Waals surface area contributed by atoms with Crippen LogP contribution in [0.4, 0.5) is 0 Å². The van der Waals surface area contributed by atoms with Crippen molar-refractivity contribution in [1.82, 2.24) is 0 Å². The van der Waals surface area contributed by atoms with Crippen molar-refractivity contribution in [2.24, 2.45) is 0 Å². The molecule has 34 heavy (non-hydrogen) atoms. The van der Waals surface area contributed by atoms with Crippen LogP contribution in [0.1, 0.15) is 36.5 Å². The summed E-state index contributed by atoms with van der Waals surface area (Å²) in [6.45, 7) is 4.81. The summed E-state index contributed by atoms with van der Waals surface area (Å²) in [5.41, 5.74) is 9.29. The van der Waals surface area contributed by atoms with E-state index in [2.05, 4.69) is 123 Å². The molecule has 1 aliphatic carbocycles. The highest BCUT2D eigenvalue weighted by Gasteiger charge is 2.41. The van der Waals surface area contributed by atoms with Crippen LogP contribution in [0.25, 0.3) is 33.0 Å². The Hall–Kier alpha value is -3.84. The van der Waals surface area contributed by atoms with Crippen molar-refractivity contribution < 1.29 is 4.74 Å². The molecule has 0 spiro atoms. The second-order valence-electron chi connectivity index (χ2n) is 9.77. The minimum absolute atomic E-state index is 0.105. The molecule has 6 rings (SSSR count). The second-order valence-corrected chi connectivity index (χ2v) is 9.77.